The van der Waals surface area contributed by atoms with E-state index in [9.17, 15) is 0 Å². The molecule has 100 valence electrons. The standard InChI is InChI=1S/C13H14BrN3OS/c14-11-9-15-4-1-12(11)17-6-2-10(3-7-17)18-13-16-5-8-19-13/h1,4-5,8-10H,2-3,6-7H2. The van der Waals surface area contributed by atoms with Gasteiger partial charge in [0, 0.05) is 49.9 Å². The van der Waals surface area contributed by atoms with Crippen LogP contribution in [0.5, 0.6) is 5.19 Å². The van der Waals surface area contributed by atoms with E-state index in [0.717, 1.165) is 35.6 Å². The quantitative estimate of drug-likeness (QED) is 0.859. The lowest BCUT2D eigenvalue weighted by atomic mass is 10.1. The number of nitrogens with zero attached hydrogens (tertiary/aromatic N) is 3. The molecule has 1 aliphatic rings. The first-order valence-electron chi connectivity index (χ1n) is 6.23. The van der Waals surface area contributed by atoms with Crippen LogP contribution in [0.1, 0.15) is 12.8 Å². The van der Waals surface area contributed by atoms with Gasteiger partial charge in [0.15, 0.2) is 0 Å². The summed E-state index contributed by atoms with van der Waals surface area (Å²) < 4.78 is 6.92. The fourth-order valence-electron chi connectivity index (χ4n) is 2.25. The molecule has 6 heteroatoms. The number of hydrogen-bond acceptors (Lipinski definition) is 5. The van der Waals surface area contributed by atoms with E-state index in [2.05, 4.69) is 30.8 Å². The molecule has 4 nitrogen and oxygen atoms in total. The molecule has 0 aromatic carbocycles. The van der Waals surface area contributed by atoms with Crippen molar-refractivity contribution in [1.82, 2.24) is 9.97 Å². The van der Waals surface area contributed by atoms with Crippen molar-refractivity contribution in [2.45, 2.75) is 18.9 Å². The monoisotopic (exact) mass is 339 g/mol. The predicted octanol–water partition coefficient (Wildman–Crippen LogP) is 3.35. The minimum atomic E-state index is 0.281. The third-order valence-electron chi connectivity index (χ3n) is 3.21. The Labute approximate surface area is 124 Å². The Morgan fingerprint density at radius 2 is 2.16 bits per heavy atom. The van der Waals surface area contributed by atoms with Gasteiger partial charge in [0.2, 0.25) is 0 Å². The van der Waals surface area contributed by atoms with Crippen LogP contribution in [0.2, 0.25) is 0 Å². The van der Waals surface area contributed by atoms with Gasteiger partial charge in [0.05, 0.1) is 10.2 Å². The van der Waals surface area contributed by atoms with E-state index in [-0.39, 0.29) is 6.10 Å². The van der Waals surface area contributed by atoms with Crippen molar-refractivity contribution >= 4 is 33.0 Å². The fraction of sp³-hybridized carbons (Fsp3) is 0.385. The number of aromatic nitrogens is 2. The van der Waals surface area contributed by atoms with Crippen LogP contribution in [0, 0.1) is 0 Å². The third-order valence-corrected chi connectivity index (χ3v) is 4.48. The van der Waals surface area contributed by atoms with Crippen LogP contribution in [0.15, 0.2) is 34.5 Å². The molecule has 0 saturated carbocycles. The second-order valence-corrected chi connectivity index (χ2v) is 6.14. The van der Waals surface area contributed by atoms with Crippen LogP contribution in [0.3, 0.4) is 0 Å². The van der Waals surface area contributed by atoms with Crippen LogP contribution < -0.4 is 9.64 Å². The molecule has 0 unspecified atom stereocenters. The zero-order valence-electron chi connectivity index (χ0n) is 10.3. The van der Waals surface area contributed by atoms with Gasteiger partial charge in [-0.25, -0.2) is 4.98 Å². The second kappa shape index (κ2) is 5.88. The highest BCUT2D eigenvalue weighted by Gasteiger charge is 2.22. The van der Waals surface area contributed by atoms with Crippen molar-refractivity contribution in [3.8, 4) is 5.19 Å². The number of hydrogen-bond donors (Lipinski definition) is 0. The minimum absolute atomic E-state index is 0.281. The number of pyridine rings is 1. The summed E-state index contributed by atoms with van der Waals surface area (Å²) in [6.07, 6.45) is 7.78. The number of piperidine rings is 1. The zero-order chi connectivity index (χ0) is 13.1. The number of thiazole rings is 1. The Kier molecular flexibility index (Phi) is 3.98. The Morgan fingerprint density at radius 3 is 2.84 bits per heavy atom. The van der Waals surface area contributed by atoms with Crippen molar-refractivity contribution in [2.24, 2.45) is 0 Å². The molecule has 0 atom stereocenters. The molecule has 3 heterocycles. The predicted molar refractivity (Wildman–Crippen MR) is 79.9 cm³/mol. The number of rotatable bonds is 3. The maximum absolute atomic E-state index is 5.87. The molecule has 0 spiro atoms. The average molecular weight is 340 g/mol. The smallest absolute Gasteiger partial charge is 0.273 e. The molecule has 0 radical (unpaired) electrons. The van der Waals surface area contributed by atoms with E-state index < -0.39 is 0 Å². The molecule has 2 aromatic heterocycles. The lowest BCUT2D eigenvalue weighted by Gasteiger charge is -2.33. The molecule has 0 N–H and O–H groups in total. The molecule has 1 aliphatic heterocycles. The highest BCUT2D eigenvalue weighted by atomic mass is 79.9. The van der Waals surface area contributed by atoms with Gasteiger partial charge in [-0.1, -0.05) is 11.3 Å². The van der Waals surface area contributed by atoms with E-state index in [1.54, 1.807) is 17.5 Å². The maximum Gasteiger partial charge on any atom is 0.273 e. The summed E-state index contributed by atoms with van der Waals surface area (Å²) in [5.74, 6) is 0. The lowest BCUT2D eigenvalue weighted by molar-refractivity contribution is 0.170. The van der Waals surface area contributed by atoms with E-state index in [1.165, 1.54) is 5.69 Å². The molecule has 0 amide bonds. The van der Waals surface area contributed by atoms with Gasteiger partial charge in [-0.2, -0.15) is 0 Å². The van der Waals surface area contributed by atoms with E-state index in [1.807, 2.05) is 23.8 Å². The molecular weight excluding hydrogens is 326 g/mol. The first-order valence-corrected chi connectivity index (χ1v) is 7.91. The second-order valence-electron chi connectivity index (χ2n) is 4.43. The van der Waals surface area contributed by atoms with Gasteiger partial charge in [-0.05, 0) is 22.0 Å². The Morgan fingerprint density at radius 1 is 1.32 bits per heavy atom. The van der Waals surface area contributed by atoms with Gasteiger partial charge >= 0.3 is 0 Å². The summed E-state index contributed by atoms with van der Waals surface area (Å²) in [7, 11) is 0. The Balaban J connectivity index is 1.59. The topological polar surface area (TPSA) is 38.2 Å². The van der Waals surface area contributed by atoms with Crippen molar-refractivity contribution in [3.63, 3.8) is 0 Å². The molecule has 2 aromatic rings. The fourth-order valence-corrected chi connectivity index (χ4v) is 3.30. The summed E-state index contributed by atoms with van der Waals surface area (Å²) in [5, 5.41) is 2.72. The van der Waals surface area contributed by atoms with E-state index in [0.29, 0.717) is 0 Å². The summed E-state index contributed by atoms with van der Waals surface area (Å²) in [4.78, 5) is 10.6. The summed E-state index contributed by atoms with van der Waals surface area (Å²) in [5.41, 5.74) is 1.21. The summed E-state index contributed by atoms with van der Waals surface area (Å²) in [6.45, 7) is 2.00. The number of halogens is 1. The van der Waals surface area contributed by atoms with Gasteiger partial charge in [-0.15, -0.1) is 0 Å². The first-order chi connectivity index (χ1) is 9.33. The summed E-state index contributed by atoms with van der Waals surface area (Å²) in [6, 6.07) is 2.05. The van der Waals surface area contributed by atoms with Crippen LogP contribution in [-0.4, -0.2) is 29.2 Å². The average Bonchev–Trinajstić information content (AvgIpc) is 2.93. The van der Waals surface area contributed by atoms with E-state index >= 15 is 0 Å². The Bertz CT molecular complexity index is 526. The van der Waals surface area contributed by atoms with Crippen molar-refractivity contribution < 1.29 is 4.74 Å². The van der Waals surface area contributed by atoms with Gasteiger partial charge < -0.3 is 9.64 Å². The van der Waals surface area contributed by atoms with Crippen molar-refractivity contribution in [2.75, 3.05) is 18.0 Å². The van der Waals surface area contributed by atoms with Crippen LogP contribution in [0.25, 0.3) is 0 Å². The first kappa shape index (κ1) is 12.9. The highest BCUT2D eigenvalue weighted by Crippen LogP contribution is 2.28. The van der Waals surface area contributed by atoms with Gasteiger partial charge in [0.25, 0.3) is 5.19 Å². The number of ether oxygens (including phenoxy) is 1. The number of anilines is 1. The SMILES string of the molecule is Brc1cnccc1N1CCC(Oc2nccs2)CC1. The normalized spacial score (nSPS) is 16.6. The van der Waals surface area contributed by atoms with Crippen LogP contribution in [0.4, 0.5) is 5.69 Å². The lowest BCUT2D eigenvalue weighted by Crippen LogP contribution is -2.38. The third kappa shape index (κ3) is 3.06. The van der Waals surface area contributed by atoms with Gasteiger partial charge in [-0.3, -0.25) is 4.98 Å². The van der Waals surface area contributed by atoms with Crippen molar-refractivity contribution in [3.05, 3.63) is 34.5 Å². The van der Waals surface area contributed by atoms with E-state index in [4.69, 9.17) is 4.74 Å². The zero-order valence-corrected chi connectivity index (χ0v) is 12.7. The largest absolute Gasteiger partial charge is 0.467 e. The molecule has 19 heavy (non-hydrogen) atoms. The Hall–Kier alpha value is -1.14. The van der Waals surface area contributed by atoms with Crippen molar-refractivity contribution in [1.29, 1.82) is 0 Å². The van der Waals surface area contributed by atoms with Crippen LogP contribution in [-0.2, 0) is 0 Å². The van der Waals surface area contributed by atoms with Crippen LogP contribution >= 0.6 is 27.3 Å². The molecular formula is C13H14BrN3OS. The molecule has 3 rings (SSSR count). The maximum atomic E-state index is 5.87. The molecule has 1 saturated heterocycles. The highest BCUT2D eigenvalue weighted by molar-refractivity contribution is 9.10. The van der Waals surface area contributed by atoms with Gasteiger partial charge in [0.1, 0.15) is 6.10 Å². The summed E-state index contributed by atoms with van der Waals surface area (Å²) >= 11 is 5.11. The molecule has 1 fully saturated rings. The minimum Gasteiger partial charge on any atom is -0.467 e. The molecule has 0 aliphatic carbocycles. The molecule has 0 bridgehead atoms.